The number of H-pyrrole nitrogens is 1. The molecule has 4 rings (SSSR count). The number of benzene rings is 2. The van der Waals surface area contributed by atoms with Crippen molar-refractivity contribution >= 4 is 28.4 Å². The fourth-order valence-electron chi connectivity index (χ4n) is 3.72. The van der Waals surface area contributed by atoms with E-state index in [1.165, 1.54) is 27.7 Å². The normalized spacial score (nSPS) is 16.6. The maximum atomic E-state index is 12.6. The minimum Gasteiger partial charge on any atom is -0.358 e. The van der Waals surface area contributed by atoms with Gasteiger partial charge in [-0.05, 0) is 55.0 Å². The van der Waals surface area contributed by atoms with Crippen LogP contribution in [0, 0.1) is 5.92 Å². The van der Waals surface area contributed by atoms with Crippen molar-refractivity contribution in [3.8, 4) is 0 Å². The number of carbonyl (C=O) groups excluding carboxylic acids is 1. The minimum absolute atomic E-state index is 0.0666. The number of rotatable bonds is 4. The summed E-state index contributed by atoms with van der Waals surface area (Å²) in [4.78, 5) is 16.1. The van der Waals surface area contributed by atoms with Crippen LogP contribution >= 0.6 is 11.6 Å². The van der Waals surface area contributed by atoms with Crippen molar-refractivity contribution in [3.05, 3.63) is 70.4 Å². The molecule has 0 aliphatic heterocycles. The highest BCUT2D eigenvalue weighted by molar-refractivity contribution is 6.30. The monoisotopic (exact) mass is 352 g/mol. The fourth-order valence-corrected chi connectivity index (χ4v) is 3.84. The van der Waals surface area contributed by atoms with E-state index in [0.29, 0.717) is 6.54 Å². The largest absolute Gasteiger partial charge is 0.358 e. The number of amides is 1. The first-order valence-electron chi connectivity index (χ1n) is 8.81. The Hall–Kier alpha value is -2.26. The summed E-state index contributed by atoms with van der Waals surface area (Å²) in [6.45, 7) is 0.664. The summed E-state index contributed by atoms with van der Waals surface area (Å²) in [6.07, 6.45) is 3.51. The Labute approximate surface area is 152 Å². The van der Waals surface area contributed by atoms with Gasteiger partial charge < -0.3 is 10.3 Å². The van der Waals surface area contributed by atoms with Gasteiger partial charge in [-0.1, -0.05) is 41.9 Å². The Bertz CT molecular complexity index is 898. The molecule has 3 nitrogen and oxygen atoms in total. The molecule has 1 heterocycles. The van der Waals surface area contributed by atoms with Crippen LogP contribution in [0.15, 0.2) is 48.5 Å². The third-order valence-electron chi connectivity index (χ3n) is 5.09. The lowest BCUT2D eigenvalue weighted by molar-refractivity contribution is -0.125. The van der Waals surface area contributed by atoms with Crippen molar-refractivity contribution in [2.24, 2.45) is 5.92 Å². The van der Waals surface area contributed by atoms with Crippen LogP contribution in [0.25, 0.3) is 10.9 Å². The summed E-state index contributed by atoms with van der Waals surface area (Å²) >= 11 is 5.90. The van der Waals surface area contributed by atoms with Crippen molar-refractivity contribution in [2.45, 2.75) is 25.7 Å². The van der Waals surface area contributed by atoms with Crippen LogP contribution in [-0.4, -0.2) is 17.4 Å². The highest BCUT2D eigenvalue weighted by Gasteiger charge is 2.26. The maximum Gasteiger partial charge on any atom is 0.223 e. The van der Waals surface area contributed by atoms with Gasteiger partial charge in [0.1, 0.15) is 0 Å². The van der Waals surface area contributed by atoms with Crippen molar-refractivity contribution in [1.29, 1.82) is 0 Å². The molecule has 0 saturated heterocycles. The lowest BCUT2D eigenvalue weighted by Crippen LogP contribution is -2.35. The van der Waals surface area contributed by atoms with Gasteiger partial charge in [-0.25, -0.2) is 0 Å². The Morgan fingerprint density at radius 2 is 1.96 bits per heavy atom. The first kappa shape index (κ1) is 16.2. The highest BCUT2D eigenvalue weighted by atomic mass is 35.5. The van der Waals surface area contributed by atoms with Gasteiger partial charge in [0, 0.05) is 34.1 Å². The van der Waals surface area contributed by atoms with Gasteiger partial charge in [-0.2, -0.15) is 0 Å². The number of hydrogen-bond donors (Lipinski definition) is 2. The molecule has 1 aromatic heterocycles. The van der Waals surface area contributed by atoms with Crippen LogP contribution in [0.2, 0.25) is 5.02 Å². The van der Waals surface area contributed by atoms with Crippen LogP contribution in [0.1, 0.15) is 23.2 Å². The van der Waals surface area contributed by atoms with E-state index < -0.39 is 0 Å². The van der Waals surface area contributed by atoms with Gasteiger partial charge in [-0.15, -0.1) is 0 Å². The molecule has 0 saturated carbocycles. The van der Waals surface area contributed by atoms with E-state index in [4.69, 9.17) is 11.6 Å². The zero-order chi connectivity index (χ0) is 17.2. The number of aromatic nitrogens is 1. The average molecular weight is 353 g/mol. The van der Waals surface area contributed by atoms with E-state index in [-0.39, 0.29) is 11.8 Å². The lowest BCUT2D eigenvalue weighted by atomic mass is 9.86. The third kappa shape index (κ3) is 3.42. The number of halogens is 1. The number of nitrogens with one attached hydrogen (secondary N) is 2. The molecular weight excluding hydrogens is 332 g/mol. The van der Waals surface area contributed by atoms with Crippen LogP contribution in [0.4, 0.5) is 0 Å². The first-order valence-corrected chi connectivity index (χ1v) is 9.19. The molecule has 1 unspecified atom stereocenters. The van der Waals surface area contributed by atoms with E-state index >= 15 is 0 Å². The summed E-state index contributed by atoms with van der Waals surface area (Å²) in [5.74, 6) is 0.238. The first-order chi connectivity index (χ1) is 12.2. The molecule has 0 bridgehead atoms. The zero-order valence-electron chi connectivity index (χ0n) is 14.0. The maximum absolute atomic E-state index is 12.6. The number of fused-ring (bicyclic) bond motifs is 3. The van der Waals surface area contributed by atoms with Gasteiger partial charge in [0.15, 0.2) is 0 Å². The van der Waals surface area contributed by atoms with Gasteiger partial charge >= 0.3 is 0 Å². The van der Waals surface area contributed by atoms with Crippen LogP contribution in [-0.2, 0) is 24.1 Å². The third-order valence-corrected chi connectivity index (χ3v) is 5.34. The van der Waals surface area contributed by atoms with Crippen LogP contribution in [0.3, 0.4) is 0 Å². The quantitative estimate of drug-likeness (QED) is 0.723. The number of carbonyl (C=O) groups is 1. The standard InChI is InChI=1S/C21H21ClN2O/c22-16-8-5-14(6-9-16)11-12-23-21(25)15-7-10-20-18(13-15)17-3-1-2-4-19(17)24-20/h1-6,8-9,15,24H,7,10-13H2,(H,23,25). The topological polar surface area (TPSA) is 44.9 Å². The van der Waals surface area contributed by atoms with Crippen molar-refractivity contribution in [1.82, 2.24) is 10.3 Å². The van der Waals surface area contributed by atoms with Gasteiger partial charge in [0.2, 0.25) is 5.91 Å². The molecule has 128 valence electrons. The Kier molecular flexibility index (Phi) is 4.50. The molecule has 2 N–H and O–H groups in total. The Balaban J connectivity index is 1.37. The number of aryl methyl sites for hydroxylation is 1. The van der Waals surface area contributed by atoms with E-state index in [2.05, 4.69) is 28.5 Å². The van der Waals surface area contributed by atoms with Crippen LogP contribution < -0.4 is 5.32 Å². The smallest absolute Gasteiger partial charge is 0.223 e. The summed E-state index contributed by atoms with van der Waals surface area (Å²) in [7, 11) is 0. The predicted octanol–water partition coefficient (Wildman–Crippen LogP) is 4.29. The average Bonchev–Trinajstić information content (AvgIpc) is 3.01. The van der Waals surface area contributed by atoms with Crippen LogP contribution in [0.5, 0.6) is 0 Å². The van der Waals surface area contributed by atoms with E-state index in [0.717, 1.165) is 30.7 Å². The summed E-state index contributed by atoms with van der Waals surface area (Å²) in [5.41, 5.74) is 4.98. The van der Waals surface area contributed by atoms with Gasteiger partial charge in [-0.3, -0.25) is 4.79 Å². The second kappa shape index (κ2) is 6.93. The molecular formula is C21H21ClN2O. The molecule has 1 aliphatic carbocycles. The number of aromatic amines is 1. The molecule has 4 heteroatoms. The molecule has 3 aromatic rings. The molecule has 2 aromatic carbocycles. The zero-order valence-corrected chi connectivity index (χ0v) is 14.8. The molecule has 0 spiro atoms. The molecule has 1 amide bonds. The molecule has 0 fully saturated rings. The Morgan fingerprint density at radius 1 is 1.16 bits per heavy atom. The summed E-state index contributed by atoms with van der Waals surface area (Å²) in [5, 5.41) is 5.11. The minimum atomic E-state index is 0.0666. The molecule has 1 aliphatic rings. The SMILES string of the molecule is O=C(NCCc1ccc(Cl)cc1)C1CCc2[nH]c3ccccc3c2C1. The van der Waals surface area contributed by atoms with E-state index in [9.17, 15) is 4.79 Å². The van der Waals surface area contributed by atoms with Crippen molar-refractivity contribution in [2.75, 3.05) is 6.54 Å². The van der Waals surface area contributed by atoms with Crippen molar-refractivity contribution in [3.63, 3.8) is 0 Å². The predicted molar refractivity (Wildman–Crippen MR) is 102 cm³/mol. The summed E-state index contributed by atoms with van der Waals surface area (Å²) in [6, 6.07) is 16.1. The van der Waals surface area contributed by atoms with Crippen molar-refractivity contribution < 1.29 is 4.79 Å². The second-order valence-corrected chi connectivity index (χ2v) is 7.17. The van der Waals surface area contributed by atoms with Gasteiger partial charge in [0.25, 0.3) is 0 Å². The molecule has 0 radical (unpaired) electrons. The molecule has 25 heavy (non-hydrogen) atoms. The molecule has 1 atom stereocenters. The number of hydrogen-bond acceptors (Lipinski definition) is 1. The summed E-state index contributed by atoms with van der Waals surface area (Å²) < 4.78 is 0. The van der Waals surface area contributed by atoms with E-state index in [1.54, 1.807) is 0 Å². The lowest BCUT2D eigenvalue weighted by Gasteiger charge is -2.22. The Morgan fingerprint density at radius 3 is 2.80 bits per heavy atom. The second-order valence-electron chi connectivity index (χ2n) is 6.73. The fraction of sp³-hybridized carbons (Fsp3) is 0.286. The van der Waals surface area contributed by atoms with E-state index in [1.807, 2.05) is 30.3 Å². The number of para-hydroxylation sites is 1. The highest BCUT2D eigenvalue weighted by Crippen LogP contribution is 2.31. The van der Waals surface area contributed by atoms with Gasteiger partial charge in [0.05, 0.1) is 0 Å².